The van der Waals surface area contributed by atoms with Crippen LogP contribution in [0, 0.1) is 0 Å². The van der Waals surface area contributed by atoms with Crippen LogP contribution in [0.4, 0.5) is 0 Å². The monoisotopic (exact) mass is 321 g/mol. The van der Waals surface area contributed by atoms with E-state index in [0.717, 1.165) is 4.88 Å². The SMILES string of the molecule is NCC(Oc1cc(Cl)c(Cl)cc1Cl)c1cccs1. The Kier molecular flexibility index (Phi) is 4.76. The molecule has 1 atom stereocenters. The minimum atomic E-state index is -0.236. The largest absolute Gasteiger partial charge is 0.482 e. The van der Waals surface area contributed by atoms with Crippen LogP contribution in [0.1, 0.15) is 11.0 Å². The highest BCUT2D eigenvalue weighted by Gasteiger charge is 2.15. The number of rotatable bonds is 4. The van der Waals surface area contributed by atoms with Gasteiger partial charge >= 0.3 is 0 Å². The fraction of sp³-hybridized carbons (Fsp3) is 0.167. The molecule has 0 aliphatic heterocycles. The molecule has 1 unspecified atom stereocenters. The van der Waals surface area contributed by atoms with Gasteiger partial charge in [-0.1, -0.05) is 40.9 Å². The second-order valence-electron chi connectivity index (χ2n) is 3.55. The Bertz CT molecular complexity index is 530. The van der Waals surface area contributed by atoms with E-state index in [4.69, 9.17) is 45.3 Å². The van der Waals surface area contributed by atoms with Crippen molar-refractivity contribution >= 4 is 46.1 Å². The first-order chi connectivity index (χ1) is 8.61. The summed E-state index contributed by atoms with van der Waals surface area (Å²) >= 11 is 19.4. The number of nitrogens with two attached hydrogens (primary N) is 1. The average molecular weight is 323 g/mol. The molecule has 0 radical (unpaired) electrons. The molecule has 6 heteroatoms. The summed E-state index contributed by atoms with van der Waals surface area (Å²) in [6.45, 7) is 0.358. The van der Waals surface area contributed by atoms with Gasteiger partial charge in [0.05, 0.1) is 15.1 Å². The van der Waals surface area contributed by atoms with E-state index in [1.807, 2.05) is 17.5 Å². The van der Waals surface area contributed by atoms with E-state index in [9.17, 15) is 0 Å². The molecule has 1 aromatic carbocycles. The molecule has 96 valence electrons. The zero-order valence-corrected chi connectivity index (χ0v) is 12.3. The van der Waals surface area contributed by atoms with Gasteiger partial charge in [-0.15, -0.1) is 11.3 Å². The van der Waals surface area contributed by atoms with Crippen LogP contribution in [0.15, 0.2) is 29.6 Å². The topological polar surface area (TPSA) is 35.2 Å². The molecule has 2 rings (SSSR count). The minimum Gasteiger partial charge on any atom is -0.482 e. The lowest BCUT2D eigenvalue weighted by Crippen LogP contribution is -2.17. The molecule has 0 fully saturated rings. The van der Waals surface area contributed by atoms with E-state index in [1.54, 1.807) is 23.5 Å². The van der Waals surface area contributed by atoms with Crippen molar-refractivity contribution in [2.45, 2.75) is 6.10 Å². The Morgan fingerprint density at radius 1 is 1.17 bits per heavy atom. The third kappa shape index (κ3) is 3.11. The van der Waals surface area contributed by atoms with Crippen molar-refractivity contribution in [3.8, 4) is 5.75 Å². The summed E-state index contributed by atoms with van der Waals surface area (Å²) in [5.74, 6) is 0.481. The van der Waals surface area contributed by atoms with Crippen LogP contribution in [-0.4, -0.2) is 6.54 Å². The maximum absolute atomic E-state index is 6.06. The molecule has 1 heterocycles. The molecule has 2 N–H and O–H groups in total. The Morgan fingerprint density at radius 3 is 2.50 bits per heavy atom. The van der Waals surface area contributed by atoms with E-state index in [0.29, 0.717) is 27.4 Å². The lowest BCUT2D eigenvalue weighted by molar-refractivity contribution is 0.218. The fourth-order valence-corrected chi connectivity index (χ4v) is 2.79. The molecular weight excluding hydrogens is 313 g/mol. The van der Waals surface area contributed by atoms with E-state index >= 15 is 0 Å². The highest BCUT2D eigenvalue weighted by Crippen LogP contribution is 2.36. The zero-order chi connectivity index (χ0) is 13.1. The standard InChI is InChI=1S/C12H10Cl3NOS/c13-7-4-9(15)10(5-8(7)14)17-11(6-16)12-2-1-3-18-12/h1-5,11H,6,16H2. The highest BCUT2D eigenvalue weighted by molar-refractivity contribution is 7.10. The zero-order valence-electron chi connectivity index (χ0n) is 9.20. The summed E-state index contributed by atoms with van der Waals surface area (Å²) in [6.07, 6.45) is -0.236. The molecule has 0 saturated carbocycles. The van der Waals surface area contributed by atoms with Gasteiger partial charge in [-0.05, 0) is 17.5 Å². The van der Waals surface area contributed by atoms with Crippen molar-refractivity contribution in [2.24, 2.45) is 5.73 Å². The summed E-state index contributed by atoms with van der Waals surface area (Å²) in [7, 11) is 0. The van der Waals surface area contributed by atoms with Gasteiger partial charge < -0.3 is 10.5 Å². The second kappa shape index (κ2) is 6.13. The molecule has 0 spiro atoms. The number of ether oxygens (including phenoxy) is 1. The van der Waals surface area contributed by atoms with Crippen molar-refractivity contribution in [1.29, 1.82) is 0 Å². The molecule has 0 aliphatic rings. The second-order valence-corrected chi connectivity index (χ2v) is 5.76. The van der Waals surface area contributed by atoms with Crippen LogP contribution in [0.25, 0.3) is 0 Å². The lowest BCUT2D eigenvalue weighted by Gasteiger charge is -2.17. The Balaban J connectivity index is 2.25. The number of thiophene rings is 1. The lowest BCUT2D eigenvalue weighted by atomic mass is 10.3. The van der Waals surface area contributed by atoms with E-state index in [2.05, 4.69) is 0 Å². The molecule has 2 nitrogen and oxygen atoms in total. The summed E-state index contributed by atoms with van der Waals surface area (Å²) in [4.78, 5) is 1.04. The predicted molar refractivity (Wildman–Crippen MR) is 78.2 cm³/mol. The van der Waals surface area contributed by atoms with Crippen LogP contribution in [-0.2, 0) is 0 Å². The van der Waals surface area contributed by atoms with Crippen molar-refractivity contribution < 1.29 is 4.74 Å². The van der Waals surface area contributed by atoms with E-state index in [-0.39, 0.29) is 6.10 Å². The third-order valence-corrected chi connectivity index (χ3v) is 4.30. The van der Waals surface area contributed by atoms with Gasteiger partial charge in [0, 0.05) is 17.5 Å². The summed E-state index contributed by atoms with van der Waals surface area (Å²) in [5, 5.41) is 3.18. The maximum Gasteiger partial charge on any atom is 0.145 e. The quantitative estimate of drug-likeness (QED) is 0.822. The third-order valence-electron chi connectivity index (χ3n) is 2.32. The van der Waals surface area contributed by atoms with Gasteiger partial charge in [-0.3, -0.25) is 0 Å². The maximum atomic E-state index is 6.06. The number of benzene rings is 1. The Morgan fingerprint density at radius 2 is 1.89 bits per heavy atom. The summed E-state index contributed by atoms with van der Waals surface area (Å²) < 4.78 is 5.79. The fourth-order valence-electron chi connectivity index (χ4n) is 1.44. The molecule has 0 aliphatic carbocycles. The Hall–Kier alpha value is -0.450. The molecule has 0 bridgehead atoms. The molecule has 1 aromatic heterocycles. The highest BCUT2D eigenvalue weighted by atomic mass is 35.5. The number of hydrogen-bond donors (Lipinski definition) is 1. The van der Waals surface area contributed by atoms with Crippen molar-refractivity contribution in [1.82, 2.24) is 0 Å². The summed E-state index contributed by atoms with van der Waals surface area (Å²) in [5.41, 5.74) is 5.71. The molecule has 2 aromatic rings. The minimum absolute atomic E-state index is 0.236. The predicted octanol–water partition coefficient (Wildman–Crippen LogP) is 4.79. The average Bonchev–Trinajstić information content (AvgIpc) is 2.85. The van der Waals surface area contributed by atoms with Crippen LogP contribution < -0.4 is 10.5 Å². The van der Waals surface area contributed by atoms with Crippen molar-refractivity contribution in [3.05, 3.63) is 49.6 Å². The van der Waals surface area contributed by atoms with Gasteiger partial charge in [-0.2, -0.15) is 0 Å². The van der Waals surface area contributed by atoms with Gasteiger partial charge in [0.1, 0.15) is 11.9 Å². The van der Waals surface area contributed by atoms with Crippen LogP contribution in [0.5, 0.6) is 5.75 Å². The molecule has 18 heavy (non-hydrogen) atoms. The van der Waals surface area contributed by atoms with Gasteiger partial charge in [-0.25, -0.2) is 0 Å². The first-order valence-electron chi connectivity index (χ1n) is 5.16. The van der Waals surface area contributed by atoms with Crippen molar-refractivity contribution in [3.63, 3.8) is 0 Å². The number of hydrogen-bond acceptors (Lipinski definition) is 3. The first kappa shape index (κ1) is 14.0. The van der Waals surface area contributed by atoms with Gasteiger partial charge in [0.15, 0.2) is 0 Å². The number of halogens is 3. The normalized spacial score (nSPS) is 12.4. The van der Waals surface area contributed by atoms with Crippen LogP contribution in [0.3, 0.4) is 0 Å². The summed E-state index contributed by atoms with van der Waals surface area (Å²) in [6, 6.07) is 7.07. The molecule has 0 saturated heterocycles. The van der Waals surface area contributed by atoms with Gasteiger partial charge in [0.25, 0.3) is 0 Å². The van der Waals surface area contributed by atoms with E-state index < -0.39 is 0 Å². The Labute approximate surface area is 124 Å². The van der Waals surface area contributed by atoms with E-state index in [1.165, 1.54) is 0 Å². The smallest absolute Gasteiger partial charge is 0.145 e. The van der Waals surface area contributed by atoms with Crippen LogP contribution >= 0.6 is 46.1 Å². The first-order valence-corrected chi connectivity index (χ1v) is 7.18. The van der Waals surface area contributed by atoms with Crippen LogP contribution in [0.2, 0.25) is 15.1 Å². The molecular formula is C12H10Cl3NOS. The molecule has 0 amide bonds. The van der Waals surface area contributed by atoms with Gasteiger partial charge in [0.2, 0.25) is 0 Å². The van der Waals surface area contributed by atoms with Crippen molar-refractivity contribution in [2.75, 3.05) is 6.54 Å².